The van der Waals surface area contributed by atoms with Crippen LogP contribution in [0.1, 0.15) is 21.7 Å². The summed E-state index contributed by atoms with van der Waals surface area (Å²) < 4.78 is 12.6. The molecule has 0 spiro atoms. The van der Waals surface area contributed by atoms with Gasteiger partial charge in [-0.25, -0.2) is 9.48 Å². The van der Waals surface area contributed by atoms with Crippen molar-refractivity contribution in [3.05, 3.63) is 75.5 Å². The van der Waals surface area contributed by atoms with Crippen LogP contribution in [-0.2, 0) is 4.74 Å². The van der Waals surface area contributed by atoms with Crippen molar-refractivity contribution < 1.29 is 14.3 Å². The van der Waals surface area contributed by atoms with E-state index >= 15 is 0 Å². The lowest BCUT2D eigenvalue weighted by atomic mass is 10.2. The number of hydrogen-bond donors (Lipinski definition) is 0. The van der Waals surface area contributed by atoms with Crippen LogP contribution in [0.5, 0.6) is 5.75 Å². The third kappa shape index (κ3) is 4.26. The van der Waals surface area contributed by atoms with Gasteiger partial charge in [0.25, 0.3) is 0 Å². The molecule has 0 aliphatic carbocycles. The van der Waals surface area contributed by atoms with Crippen LogP contribution in [0.3, 0.4) is 0 Å². The predicted octanol–water partition coefficient (Wildman–Crippen LogP) is 5.03. The highest BCUT2D eigenvalue weighted by Gasteiger charge is 2.20. The monoisotopic (exact) mass is 404 g/mol. The average Bonchev–Trinajstić information content (AvgIpc) is 2.95. The van der Waals surface area contributed by atoms with Crippen LogP contribution in [0.4, 0.5) is 0 Å². The molecule has 0 saturated carbocycles. The van der Waals surface area contributed by atoms with E-state index in [1.54, 1.807) is 29.8 Å². The van der Waals surface area contributed by atoms with E-state index in [4.69, 9.17) is 32.7 Å². The number of benzene rings is 2. The summed E-state index contributed by atoms with van der Waals surface area (Å²) in [5.74, 6) is -0.0674. The molecule has 0 N–H and O–H groups in total. The Hall–Kier alpha value is -2.50. The van der Waals surface area contributed by atoms with E-state index in [0.717, 1.165) is 11.4 Å². The lowest BCUT2D eigenvalue weighted by molar-refractivity contribution is 0.0449. The lowest BCUT2D eigenvalue weighted by Crippen LogP contribution is -2.14. The SMILES string of the molecule is Cc1nn(-c2ccccc2)c(C)c1C(=O)OCCOc1c(Cl)cccc1Cl. The highest BCUT2D eigenvalue weighted by Crippen LogP contribution is 2.32. The van der Waals surface area contributed by atoms with E-state index in [2.05, 4.69) is 5.10 Å². The molecule has 0 aliphatic rings. The van der Waals surface area contributed by atoms with E-state index in [1.807, 2.05) is 37.3 Å². The molecule has 1 aromatic heterocycles. The summed E-state index contributed by atoms with van der Waals surface area (Å²) >= 11 is 12.1. The second-order valence-electron chi connectivity index (χ2n) is 5.83. The maximum atomic E-state index is 12.5. The summed E-state index contributed by atoms with van der Waals surface area (Å²) in [6.45, 7) is 3.82. The van der Waals surface area contributed by atoms with Crippen LogP contribution in [0.25, 0.3) is 5.69 Å². The Balaban J connectivity index is 1.64. The number of aromatic nitrogens is 2. The second kappa shape index (κ2) is 8.46. The van der Waals surface area contributed by atoms with Crippen molar-refractivity contribution in [1.29, 1.82) is 0 Å². The third-order valence-corrected chi connectivity index (χ3v) is 4.57. The maximum absolute atomic E-state index is 12.5. The van der Waals surface area contributed by atoms with Crippen molar-refractivity contribution in [2.24, 2.45) is 0 Å². The molecule has 0 bridgehead atoms. The lowest BCUT2D eigenvalue weighted by Gasteiger charge is -2.10. The Bertz CT molecular complexity index is 935. The molecule has 0 unspecified atom stereocenters. The highest BCUT2D eigenvalue weighted by atomic mass is 35.5. The van der Waals surface area contributed by atoms with Crippen molar-refractivity contribution >= 4 is 29.2 Å². The van der Waals surface area contributed by atoms with Gasteiger partial charge < -0.3 is 9.47 Å². The fourth-order valence-electron chi connectivity index (χ4n) is 2.73. The van der Waals surface area contributed by atoms with Crippen LogP contribution < -0.4 is 4.74 Å². The van der Waals surface area contributed by atoms with Crippen molar-refractivity contribution in [3.8, 4) is 11.4 Å². The van der Waals surface area contributed by atoms with Crippen molar-refractivity contribution in [1.82, 2.24) is 9.78 Å². The van der Waals surface area contributed by atoms with Gasteiger partial charge >= 0.3 is 5.97 Å². The van der Waals surface area contributed by atoms with E-state index < -0.39 is 5.97 Å². The van der Waals surface area contributed by atoms with Crippen LogP contribution >= 0.6 is 23.2 Å². The number of halogens is 2. The summed E-state index contributed by atoms with van der Waals surface area (Å²) in [6, 6.07) is 14.7. The Morgan fingerprint density at radius 2 is 1.67 bits per heavy atom. The number of carbonyl (C=O) groups is 1. The Labute approximate surface area is 167 Å². The molecule has 2 aromatic carbocycles. The molecule has 3 rings (SSSR count). The predicted molar refractivity (Wildman–Crippen MR) is 105 cm³/mol. The molecule has 7 heteroatoms. The summed E-state index contributed by atoms with van der Waals surface area (Å²) in [5, 5.41) is 5.26. The number of ether oxygens (including phenoxy) is 2. The van der Waals surface area contributed by atoms with E-state index in [1.165, 1.54) is 0 Å². The largest absolute Gasteiger partial charge is 0.487 e. The summed E-state index contributed by atoms with van der Waals surface area (Å²) in [4.78, 5) is 12.5. The molecule has 0 saturated heterocycles. The summed E-state index contributed by atoms with van der Waals surface area (Å²) in [5.41, 5.74) is 2.67. The van der Waals surface area contributed by atoms with E-state index in [0.29, 0.717) is 27.1 Å². The Kier molecular flexibility index (Phi) is 6.04. The van der Waals surface area contributed by atoms with Crippen LogP contribution in [-0.4, -0.2) is 29.0 Å². The molecule has 1 heterocycles. The van der Waals surface area contributed by atoms with Crippen LogP contribution in [0.2, 0.25) is 10.0 Å². The first-order valence-corrected chi connectivity index (χ1v) is 9.10. The van der Waals surface area contributed by atoms with Gasteiger partial charge in [-0.15, -0.1) is 0 Å². The zero-order valence-corrected chi connectivity index (χ0v) is 16.4. The van der Waals surface area contributed by atoms with Gasteiger partial charge in [0.05, 0.1) is 27.1 Å². The molecular formula is C20H18Cl2N2O3. The molecule has 5 nitrogen and oxygen atoms in total. The van der Waals surface area contributed by atoms with Crippen molar-refractivity contribution in [3.63, 3.8) is 0 Å². The second-order valence-corrected chi connectivity index (χ2v) is 6.64. The van der Waals surface area contributed by atoms with Crippen LogP contribution in [0, 0.1) is 13.8 Å². The quantitative estimate of drug-likeness (QED) is 0.426. The average molecular weight is 405 g/mol. The molecule has 3 aromatic rings. The zero-order chi connectivity index (χ0) is 19.4. The molecular weight excluding hydrogens is 387 g/mol. The van der Waals surface area contributed by atoms with Crippen LogP contribution in [0.15, 0.2) is 48.5 Å². The molecule has 140 valence electrons. The minimum Gasteiger partial charge on any atom is -0.487 e. The zero-order valence-electron chi connectivity index (χ0n) is 14.9. The number of hydrogen-bond acceptors (Lipinski definition) is 4. The smallest absolute Gasteiger partial charge is 0.342 e. The van der Waals surface area contributed by atoms with E-state index in [-0.39, 0.29) is 13.2 Å². The van der Waals surface area contributed by atoms with Gasteiger partial charge in [0.1, 0.15) is 18.8 Å². The van der Waals surface area contributed by atoms with Gasteiger partial charge in [-0.2, -0.15) is 5.10 Å². The molecule has 0 fully saturated rings. The number of nitrogens with zero attached hydrogens (tertiary/aromatic N) is 2. The number of esters is 1. The first-order chi connectivity index (χ1) is 13.0. The fraction of sp³-hybridized carbons (Fsp3) is 0.200. The van der Waals surface area contributed by atoms with Gasteiger partial charge in [-0.3, -0.25) is 0 Å². The number of aryl methyl sites for hydroxylation is 1. The maximum Gasteiger partial charge on any atom is 0.342 e. The Morgan fingerprint density at radius 3 is 2.33 bits per heavy atom. The van der Waals surface area contributed by atoms with Crippen molar-refractivity contribution in [2.45, 2.75) is 13.8 Å². The van der Waals surface area contributed by atoms with Gasteiger partial charge in [0, 0.05) is 0 Å². The minimum absolute atomic E-state index is 0.0653. The summed E-state index contributed by atoms with van der Waals surface area (Å²) in [6.07, 6.45) is 0. The minimum atomic E-state index is -0.443. The topological polar surface area (TPSA) is 53.4 Å². The standard InChI is InChI=1S/C20H18Cl2N2O3/c1-13-18(14(2)24(23-13)15-7-4-3-5-8-15)20(25)27-12-11-26-19-16(21)9-6-10-17(19)22/h3-10H,11-12H2,1-2H3. The molecule has 0 amide bonds. The molecule has 27 heavy (non-hydrogen) atoms. The van der Waals surface area contributed by atoms with Gasteiger partial charge in [0.15, 0.2) is 5.75 Å². The van der Waals surface area contributed by atoms with Gasteiger partial charge in [0.2, 0.25) is 0 Å². The highest BCUT2D eigenvalue weighted by molar-refractivity contribution is 6.37. The first-order valence-electron chi connectivity index (χ1n) is 8.34. The normalized spacial score (nSPS) is 10.7. The molecule has 0 aliphatic heterocycles. The molecule has 0 radical (unpaired) electrons. The van der Waals surface area contributed by atoms with Crippen molar-refractivity contribution in [2.75, 3.05) is 13.2 Å². The third-order valence-electron chi connectivity index (χ3n) is 3.98. The van der Waals surface area contributed by atoms with Gasteiger partial charge in [-0.05, 0) is 38.1 Å². The van der Waals surface area contributed by atoms with E-state index in [9.17, 15) is 4.79 Å². The molecule has 0 atom stereocenters. The number of carbonyl (C=O) groups excluding carboxylic acids is 1. The summed E-state index contributed by atoms with van der Waals surface area (Å²) in [7, 11) is 0. The number of para-hydroxylation sites is 2. The number of rotatable bonds is 6. The Morgan fingerprint density at radius 1 is 1.00 bits per heavy atom. The van der Waals surface area contributed by atoms with Gasteiger partial charge in [-0.1, -0.05) is 47.5 Å². The first kappa shape index (κ1) is 19.3. The fourth-order valence-corrected chi connectivity index (χ4v) is 3.24.